The third kappa shape index (κ3) is 1.70. The van der Waals surface area contributed by atoms with Crippen LogP contribution < -0.4 is 9.47 Å². The first-order valence-corrected chi connectivity index (χ1v) is 6.82. The van der Waals surface area contributed by atoms with Crippen molar-refractivity contribution < 1.29 is 14.3 Å². The molecule has 2 aliphatic rings. The zero-order valence-corrected chi connectivity index (χ0v) is 11.0. The molecule has 0 spiro atoms. The maximum atomic E-state index is 12.6. The number of rotatable bonds is 2. The van der Waals surface area contributed by atoms with Crippen LogP contribution in [0.4, 0.5) is 0 Å². The number of carbonyl (C=O) groups excluding carboxylic acids is 1. The number of aryl methyl sites for hydroxylation is 1. The Bertz CT molecular complexity index is 690. The fourth-order valence-corrected chi connectivity index (χ4v) is 2.77. The molecule has 0 fully saturated rings. The second-order valence-corrected chi connectivity index (χ2v) is 5.00. The molecule has 0 N–H and O–H groups in total. The lowest BCUT2D eigenvalue weighted by atomic mass is 10.1. The van der Waals surface area contributed by atoms with E-state index in [9.17, 15) is 4.79 Å². The predicted octanol–water partition coefficient (Wildman–Crippen LogP) is 1.83. The smallest absolute Gasteiger partial charge is 0.211 e. The maximum Gasteiger partial charge on any atom is 0.211 e. The molecule has 102 valence electrons. The summed E-state index contributed by atoms with van der Waals surface area (Å²) in [5.41, 5.74) is 1.28. The number of nitrogens with zero attached hydrogens (tertiary/aromatic N) is 2. The topological polar surface area (TPSA) is 53.4 Å². The standard InChI is InChI=1S/C15H14N2O3/c18-15(11-9-16-14-2-1-5-17(11)14)10-3-4-12-13(8-10)20-7-6-19-12/h3-4,8-9H,1-2,5-7H2. The Morgan fingerprint density at radius 1 is 1.20 bits per heavy atom. The first kappa shape index (κ1) is 11.5. The number of fused-ring (bicyclic) bond motifs is 2. The van der Waals surface area contributed by atoms with E-state index in [2.05, 4.69) is 4.98 Å². The van der Waals surface area contributed by atoms with Crippen LogP contribution in [0, 0.1) is 0 Å². The van der Waals surface area contributed by atoms with Crippen molar-refractivity contribution in [3.63, 3.8) is 0 Å². The van der Waals surface area contributed by atoms with Crippen LogP contribution in [0.3, 0.4) is 0 Å². The fraction of sp³-hybridized carbons (Fsp3) is 0.333. The van der Waals surface area contributed by atoms with Crippen LogP contribution in [-0.4, -0.2) is 28.5 Å². The Morgan fingerprint density at radius 3 is 2.95 bits per heavy atom. The molecule has 2 aliphatic heterocycles. The third-order valence-electron chi connectivity index (χ3n) is 3.76. The predicted molar refractivity (Wildman–Crippen MR) is 71.4 cm³/mol. The van der Waals surface area contributed by atoms with Crippen molar-refractivity contribution in [1.82, 2.24) is 9.55 Å². The van der Waals surface area contributed by atoms with E-state index in [4.69, 9.17) is 9.47 Å². The first-order chi connectivity index (χ1) is 9.83. The van der Waals surface area contributed by atoms with Crippen molar-refractivity contribution in [2.75, 3.05) is 13.2 Å². The highest BCUT2D eigenvalue weighted by Crippen LogP contribution is 2.31. The number of hydrogen-bond donors (Lipinski definition) is 0. The second kappa shape index (κ2) is 4.37. The van der Waals surface area contributed by atoms with E-state index < -0.39 is 0 Å². The summed E-state index contributed by atoms with van der Waals surface area (Å²) in [6.45, 7) is 1.95. The molecule has 5 heteroatoms. The molecule has 3 heterocycles. The molecule has 0 radical (unpaired) electrons. The van der Waals surface area contributed by atoms with Crippen LogP contribution in [0.25, 0.3) is 0 Å². The number of hydrogen-bond acceptors (Lipinski definition) is 4. The van der Waals surface area contributed by atoms with E-state index in [0.29, 0.717) is 36.0 Å². The molecular formula is C15H14N2O3. The van der Waals surface area contributed by atoms with Gasteiger partial charge in [0.1, 0.15) is 24.7 Å². The number of benzene rings is 1. The summed E-state index contributed by atoms with van der Waals surface area (Å²) in [4.78, 5) is 16.9. The number of ether oxygens (including phenoxy) is 2. The monoisotopic (exact) mass is 270 g/mol. The van der Waals surface area contributed by atoms with Gasteiger partial charge >= 0.3 is 0 Å². The third-order valence-corrected chi connectivity index (χ3v) is 3.76. The van der Waals surface area contributed by atoms with Crippen LogP contribution >= 0.6 is 0 Å². The molecule has 20 heavy (non-hydrogen) atoms. The summed E-state index contributed by atoms with van der Waals surface area (Å²) >= 11 is 0. The molecule has 0 amide bonds. The van der Waals surface area contributed by atoms with Crippen molar-refractivity contribution in [2.24, 2.45) is 0 Å². The summed E-state index contributed by atoms with van der Waals surface area (Å²) in [5, 5.41) is 0. The highest BCUT2D eigenvalue weighted by atomic mass is 16.6. The van der Waals surface area contributed by atoms with Gasteiger partial charge in [-0.3, -0.25) is 4.79 Å². The molecule has 0 bridgehead atoms. The van der Waals surface area contributed by atoms with Gasteiger partial charge in [0.2, 0.25) is 5.78 Å². The molecule has 1 aromatic heterocycles. The van der Waals surface area contributed by atoms with Gasteiger partial charge in [-0.1, -0.05) is 0 Å². The summed E-state index contributed by atoms with van der Waals surface area (Å²) in [7, 11) is 0. The molecule has 2 aromatic rings. The van der Waals surface area contributed by atoms with Gasteiger partial charge in [-0.15, -0.1) is 0 Å². The molecule has 4 rings (SSSR count). The normalized spacial score (nSPS) is 16.0. The minimum Gasteiger partial charge on any atom is -0.486 e. The average Bonchev–Trinajstić information content (AvgIpc) is 3.09. The van der Waals surface area contributed by atoms with Gasteiger partial charge in [0.05, 0.1) is 6.20 Å². The number of imidazole rings is 1. The summed E-state index contributed by atoms with van der Waals surface area (Å²) in [5.74, 6) is 2.34. The average molecular weight is 270 g/mol. The van der Waals surface area contributed by atoms with Gasteiger partial charge in [-0.2, -0.15) is 0 Å². The van der Waals surface area contributed by atoms with Crippen molar-refractivity contribution in [3.8, 4) is 11.5 Å². The van der Waals surface area contributed by atoms with Crippen molar-refractivity contribution >= 4 is 5.78 Å². The Labute approximate surface area is 116 Å². The van der Waals surface area contributed by atoms with E-state index in [-0.39, 0.29) is 5.78 Å². The summed E-state index contributed by atoms with van der Waals surface area (Å²) < 4.78 is 13.0. The van der Waals surface area contributed by atoms with Gasteiger partial charge in [-0.05, 0) is 24.6 Å². The maximum absolute atomic E-state index is 12.6. The highest BCUT2D eigenvalue weighted by Gasteiger charge is 2.22. The van der Waals surface area contributed by atoms with Gasteiger partial charge in [-0.25, -0.2) is 4.98 Å². The Balaban J connectivity index is 1.71. The molecule has 0 atom stereocenters. The minimum absolute atomic E-state index is 0.0115. The van der Waals surface area contributed by atoms with Crippen molar-refractivity contribution in [3.05, 3.63) is 41.5 Å². The van der Waals surface area contributed by atoms with Crippen LogP contribution in [0.5, 0.6) is 11.5 Å². The zero-order valence-electron chi connectivity index (χ0n) is 11.0. The SMILES string of the molecule is O=C(c1ccc2c(c1)OCCO2)c1cnc2n1CCC2. The number of carbonyl (C=O) groups is 1. The second-order valence-electron chi connectivity index (χ2n) is 5.00. The molecule has 0 saturated heterocycles. The van der Waals surface area contributed by atoms with Crippen LogP contribution in [-0.2, 0) is 13.0 Å². The summed E-state index contributed by atoms with van der Waals surface area (Å²) in [6, 6.07) is 5.33. The lowest BCUT2D eigenvalue weighted by Crippen LogP contribution is -2.16. The van der Waals surface area contributed by atoms with E-state index in [0.717, 1.165) is 25.2 Å². The van der Waals surface area contributed by atoms with Crippen LogP contribution in [0.2, 0.25) is 0 Å². The van der Waals surface area contributed by atoms with Gasteiger partial charge < -0.3 is 14.0 Å². The highest BCUT2D eigenvalue weighted by molar-refractivity contribution is 6.08. The molecule has 0 unspecified atom stereocenters. The van der Waals surface area contributed by atoms with E-state index in [1.54, 1.807) is 24.4 Å². The van der Waals surface area contributed by atoms with Crippen LogP contribution in [0.15, 0.2) is 24.4 Å². The summed E-state index contributed by atoms with van der Waals surface area (Å²) in [6.07, 6.45) is 3.69. The Hall–Kier alpha value is -2.30. The molecular weight excluding hydrogens is 256 g/mol. The Morgan fingerprint density at radius 2 is 2.05 bits per heavy atom. The van der Waals surface area contributed by atoms with Crippen molar-refractivity contribution in [2.45, 2.75) is 19.4 Å². The largest absolute Gasteiger partial charge is 0.486 e. The van der Waals surface area contributed by atoms with Gasteiger partial charge in [0.25, 0.3) is 0 Å². The van der Waals surface area contributed by atoms with Crippen molar-refractivity contribution in [1.29, 1.82) is 0 Å². The van der Waals surface area contributed by atoms with Gasteiger partial charge in [0.15, 0.2) is 11.5 Å². The zero-order chi connectivity index (χ0) is 13.5. The van der Waals surface area contributed by atoms with Gasteiger partial charge in [0, 0.05) is 18.5 Å². The fourth-order valence-electron chi connectivity index (χ4n) is 2.77. The molecule has 1 aromatic carbocycles. The van der Waals surface area contributed by atoms with E-state index >= 15 is 0 Å². The lowest BCUT2D eigenvalue weighted by molar-refractivity contribution is 0.102. The van der Waals surface area contributed by atoms with E-state index in [1.807, 2.05) is 4.57 Å². The van der Waals surface area contributed by atoms with E-state index in [1.165, 1.54) is 0 Å². The lowest BCUT2D eigenvalue weighted by Gasteiger charge is -2.18. The number of aromatic nitrogens is 2. The quantitative estimate of drug-likeness (QED) is 0.781. The molecule has 0 saturated carbocycles. The van der Waals surface area contributed by atoms with Crippen LogP contribution in [0.1, 0.15) is 28.3 Å². The number of ketones is 1. The Kier molecular flexibility index (Phi) is 2.52. The minimum atomic E-state index is -0.0115. The molecule has 0 aliphatic carbocycles. The first-order valence-electron chi connectivity index (χ1n) is 6.82. The molecule has 5 nitrogen and oxygen atoms in total.